The Labute approximate surface area is 149 Å². The topological polar surface area (TPSA) is 115 Å². The number of benzene rings is 1. The van der Waals surface area contributed by atoms with E-state index in [4.69, 9.17) is 31.5 Å². The van der Waals surface area contributed by atoms with Gasteiger partial charge in [0.1, 0.15) is 17.4 Å². The third-order valence-electron chi connectivity index (χ3n) is 3.71. The molecule has 1 heterocycles. The fourth-order valence-electron chi connectivity index (χ4n) is 2.61. The van der Waals surface area contributed by atoms with Gasteiger partial charge in [0.2, 0.25) is 5.88 Å². The molecule has 3 N–H and O–H groups in total. The van der Waals surface area contributed by atoms with E-state index in [1.807, 2.05) is 6.07 Å². The molecule has 0 saturated carbocycles. The zero-order valence-corrected chi connectivity index (χ0v) is 14.7. The molecule has 0 bridgehead atoms. The number of rotatable bonds is 4. The number of nitrogens with zero attached hydrogens (tertiary/aromatic N) is 1. The lowest BCUT2D eigenvalue weighted by atomic mass is 9.83. The number of nitrogens with two attached hydrogens (primary N) is 1. The Morgan fingerprint density at radius 3 is 2.76 bits per heavy atom. The van der Waals surface area contributed by atoms with Crippen LogP contribution >= 0.6 is 11.6 Å². The van der Waals surface area contributed by atoms with E-state index in [0.717, 1.165) is 0 Å². The molecule has 1 aliphatic rings. The van der Waals surface area contributed by atoms with E-state index >= 15 is 0 Å². The van der Waals surface area contributed by atoms with Gasteiger partial charge in [-0.15, -0.1) is 0 Å². The van der Waals surface area contributed by atoms with Crippen LogP contribution in [-0.4, -0.2) is 24.8 Å². The predicted octanol–water partition coefficient (Wildman–Crippen LogP) is 2.70. The first kappa shape index (κ1) is 18.5. The van der Waals surface area contributed by atoms with Crippen LogP contribution in [0, 0.1) is 11.3 Å². The van der Waals surface area contributed by atoms with Gasteiger partial charge < -0.3 is 25.1 Å². The lowest BCUT2D eigenvalue weighted by Gasteiger charge is -2.27. The number of aromatic hydroxyl groups is 1. The zero-order valence-electron chi connectivity index (χ0n) is 13.9. The first-order chi connectivity index (χ1) is 11.8. The molecule has 8 heteroatoms. The Hall–Kier alpha value is -2.85. The number of carbonyl (C=O) groups is 1. The smallest absolute Gasteiger partial charge is 0.338 e. The molecule has 1 aromatic rings. The molecule has 1 aromatic carbocycles. The Balaban J connectivity index is 2.73. The van der Waals surface area contributed by atoms with E-state index in [1.165, 1.54) is 19.2 Å². The Kier molecular flexibility index (Phi) is 5.45. The van der Waals surface area contributed by atoms with Gasteiger partial charge in [-0.05, 0) is 25.5 Å². The van der Waals surface area contributed by atoms with Gasteiger partial charge in [-0.3, -0.25) is 0 Å². The molecule has 25 heavy (non-hydrogen) atoms. The molecule has 0 amide bonds. The fraction of sp³-hybridized carbons (Fsp3) is 0.294. The minimum atomic E-state index is -0.903. The van der Waals surface area contributed by atoms with Gasteiger partial charge in [0, 0.05) is 11.1 Å². The zero-order chi connectivity index (χ0) is 18.7. The van der Waals surface area contributed by atoms with Crippen LogP contribution in [0.4, 0.5) is 0 Å². The largest absolute Gasteiger partial charge is 0.504 e. The van der Waals surface area contributed by atoms with Gasteiger partial charge in [0.15, 0.2) is 11.5 Å². The van der Waals surface area contributed by atoms with Gasteiger partial charge in [0.25, 0.3) is 0 Å². The quantitative estimate of drug-likeness (QED) is 0.789. The van der Waals surface area contributed by atoms with Crippen LogP contribution in [0.25, 0.3) is 0 Å². The van der Waals surface area contributed by atoms with Gasteiger partial charge in [-0.2, -0.15) is 5.26 Å². The maximum Gasteiger partial charge on any atom is 0.338 e. The number of hydrogen-bond acceptors (Lipinski definition) is 7. The van der Waals surface area contributed by atoms with E-state index in [1.54, 1.807) is 13.8 Å². The molecule has 1 atom stereocenters. The lowest BCUT2D eigenvalue weighted by molar-refractivity contribution is -0.139. The van der Waals surface area contributed by atoms with Crippen LogP contribution in [0.1, 0.15) is 25.3 Å². The SMILES string of the molecule is CCOC(=O)C1=C(C)OC(N)=C(C#N)C1c1cc(OC)c(O)cc1Cl. The molecule has 7 nitrogen and oxygen atoms in total. The van der Waals surface area contributed by atoms with Crippen molar-refractivity contribution in [2.45, 2.75) is 19.8 Å². The molecule has 1 aliphatic heterocycles. The normalized spacial score (nSPS) is 17.0. The van der Waals surface area contributed by atoms with E-state index in [9.17, 15) is 15.2 Å². The van der Waals surface area contributed by atoms with Crippen LogP contribution in [0.2, 0.25) is 5.02 Å². The summed E-state index contributed by atoms with van der Waals surface area (Å²) < 4.78 is 15.5. The molecule has 0 spiro atoms. The second-order valence-corrected chi connectivity index (χ2v) is 5.57. The van der Waals surface area contributed by atoms with Crippen LogP contribution in [0.5, 0.6) is 11.5 Å². The Morgan fingerprint density at radius 1 is 1.52 bits per heavy atom. The van der Waals surface area contributed by atoms with Crippen molar-refractivity contribution in [3.05, 3.63) is 45.5 Å². The van der Waals surface area contributed by atoms with Crippen LogP contribution in [0.3, 0.4) is 0 Å². The van der Waals surface area contributed by atoms with Crippen molar-refractivity contribution >= 4 is 17.6 Å². The molecule has 1 unspecified atom stereocenters. The van der Waals surface area contributed by atoms with Crippen LogP contribution < -0.4 is 10.5 Å². The molecule has 2 rings (SSSR count). The molecule has 0 radical (unpaired) electrons. The summed E-state index contributed by atoms with van der Waals surface area (Å²) in [6.07, 6.45) is 0. The fourth-order valence-corrected chi connectivity index (χ4v) is 2.88. The number of methoxy groups -OCH3 is 1. The standard InChI is InChI=1S/C17H17ClN2O5/c1-4-24-17(22)14-8(2)25-16(20)10(7-19)15(14)9-5-13(23-3)12(21)6-11(9)18/h5-6,15,21H,4,20H2,1-3H3. The third-order valence-corrected chi connectivity index (χ3v) is 4.04. The molecule has 0 fully saturated rings. The number of hydrogen-bond donors (Lipinski definition) is 2. The minimum absolute atomic E-state index is 0.0169. The van der Waals surface area contributed by atoms with Crippen molar-refractivity contribution < 1.29 is 24.1 Å². The highest BCUT2D eigenvalue weighted by atomic mass is 35.5. The monoisotopic (exact) mass is 364 g/mol. The summed E-state index contributed by atoms with van der Waals surface area (Å²) in [6.45, 7) is 3.36. The number of phenolic OH excluding ortho intramolecular Hbond substituents is 1. The summed E-state index contributed by atoms with van der Waals surface area (Å²) in [5.74, 6) is -1.49. The molecular weight excluding hydrogens is 348 g/mol. The minimum Gasteiger partial charge on any atom is -0.504 e. The van der Waals surface area contributed by atoms with E-state index in [-0.39, 0.29) is 45.9 Å². The number of ether oxygens (including phenoxy) is 3. The average Bonchev–Trinajstić information content (AvgIpc) is 2.54. The summed E-state index contributed by atoms with van der Waals surface area (Å²) in [4.78, 5) is 12.4. The summed E-state index contributed by atoms with van der Waals surface area (Å²) in [6, 6.07) is 4.68. The summed E-state index contributed by atoms with van der Waals surface area (Å²) in [5.41, 5.74) is 6.31. The number of allylic oxidation sites excluding steroid dienone is 2. The maximum absolute atomic E-state index is 12.4. The molecule has 0 aliphatic carbocycles. The number of carbonyl (C=O) groups excluding carboxylic acids is 1. The van der Waals surface area contributed by atoms with Crippen molar-refractivity contribution in [1.29, 1.82) is 5.26 Å². The second-order valence-electron chi connectivity index (χ2n) is 5.16. The van der Waals surface area contributed by atoms with Crippen LogP contribution in [-0.2, 0) is 14.3 Å². The molecule has 0 aromatic heterocycles. The lowest BCUT2D eigenvalue weighted by Crippen LogP contribution is -2.25. The maximum atomic E-state index is 12.4. The van der Waals surface area contributed by atoms with Gasteiger partial charge >= 0.3 is 5.97 Å². The molecule has 0 saturated heterocycles. The number of phenols is 1. The number of halogens is 1. The molecule has 132 valence electrons. The van der Waals surface area contributed by atoms with Gasteiger partial charge in [0.05, 0.1) is 25.2 Å². The summed E-state index contributed by atoms with van der Waals surface area (Å²) in [5, 5.41) is 19.5. The Bertz CT molecular complexity index is 823. The van der Waals surface area contributed by atoms with Crippen molar-refractivity contribution in [3.63, 3.8) is 0 Å². The van der Waals surface area contributed by atoms with Crippen molar-refractivity contribution in [3.8, 4) is 17.6 Å². The highest BCUT2D eigenvalue weighted by Gasteiger charge is 2.37. The van der Waals surface area contributed by atoms with E-state index in [2.05, 4.69) is 0 Å². The van der Waals surface area contributed by atoms with E-state index < -0.39 is 11.9 Å². The first-order valence-corrected chi connectivity index (χ1v) is 7.75. The molecular formula is C17H17ClN2O5. The average molecular weight is 365 g/mol. The van der Waals surface area contributed by atoms with Crippen molar-refractivity contribution in [2.75, 3.05) is 13.7 Å². The summed E-state index contributed by atoms with van der Waals surface area (Å²) in [7, 11) is 1.37. The third kappa shape index (κ3) is 3.35. The van der Waals surface area contributed by atoms with E-state index in [0.29, 0.717) is 5.56 Å². The van der Waals surface area contributed by atoms with Crippen LogP contribution in [0.15, 0.2) is 34.9 Å². The highest BCUT2D eigenvalue weighted by Crippen LogP contribution is 2.45. The number of nitriles is 1. The van der Waals surface area contributed by atoms with Crippen molar-refractivity contribution in [2.24, 2.45) is 5.73 Å². The highest BCUT2D eigenvalue weighted by molar-refractivity contribution is 6.31. The Morgan fingerprint density at radius 2 is 2.20 bits per heavy atom. The predicted molar refractivity (Wildman–Crippen MR) is 89.7 cm³/mol. The second kappa shape index (κ2) is 7.36. The van der Waals surface area contributed by atoms with Gasteiger partial charge in [-0.25, -0.2) is 4.79 Å². The number of esters is 1. The first-order valence-electron chi connectivity index (χ1n) is 7.37. The summed E-state index contributed by atoms with van der Waals surface area (Å²) >= 11 is 6.25. The van der Waals surface area contributed by atoms with Gasteiger partial charge in [-0.1, -0.05) is 11.6 Å². The van der Waals surface area contributed by atoms with Crippen molar-refractivity contribution in [1.82, 2.24) is 0 Å².